The Labute approximate surface area is 83.9 Å². The molecule has 4 nitrogen and oxygen atoms in total. The van der Waals surface area contributed by atoms with Gasteiger partial charge < -0.3 is 5.11 Å². The Bertz CT molecular complexity index is 248. The molecule has 1 fully saturated rings. The summed E-state index contributed by atoms with van der Waals surface area (Å²) in [6.07, 6.45) is 1.50. The second-order valence-electron chi connectivity index (χ2n) is 4.54. The number of hydrogen-bond acceptors (Lipinski definition) is 3. The lowest BCUT2D eigenvalue weighted by molar-refractivity contribution is -0.148. The van der Waals surface area contributed by atoms with Gasteiger partial charge in [-0.1, -0.05) is 0 Å². The molecule has 1 aliphatic rings. The number of likely N-dealkylation sites (tertiary alicyclic amines) is 1. The number of ketones is 1. The van der Waals surface area contributed by atoms with Crippen molar-refractivity contribution in [1.82, 2.24) is 4.90 Å². The first-order valence-electron chi connectivity index (χ1n) is 4.89. The lowest BCUT2D eigenvalue weighted by Crippen LogP contribution is -2.44. The third-order valence-electron chi connectivity index (χ3n) is 2.53. The monoisotopic (exact) mass is 199 g/mol. The Morgan fingerprint density at radius 3 is 2.71 bits per heavy atom. The average Bonchev–Trinajstić information content (AvgIpc) is 2.02. The third-order valence-corrected chi connectivity index (χ3v) is 2.53. The molecule has 1 saturated heterocycles. The molecule has 0 radical (unpaired) electrons. The lowest BCUT2D eigenvalue weighted by atomic mass is 9.92. The summed E-state index contributed by atoms with van der Waals surface area (Å²) in [5.41, 5.74) is -0.766. The molecule has 0 unspecified atom stereocenters. The lowest BCUT2D eigenvalue weighted by Gasteiger charge is -2.31. The first-order chi connectivity index (χ1) is 6.42. The van der Waals surface area contributed by atoms with E-state index in [1.165, 1.54) is 0 Å². The van der Waals surface area contributed by atoms with Crippen molar-refractivity contribution in [3.63, 3.8) is 0 Å². The predicted molar refractivity (Wildman–Crippen MR) is 52.1 cm³/mol. The van der Waals surface area contributed by atoms with Crippen LogP contribution in [0.25, 0.3) is 0 Å². The molecular weight excluding hydrogens is 182 g/mol. The van der Waals surface area contributed by atoms with E-state index in [0.29, 0.717) is 19.5 Å². The Kier molecular flexibility index (Phi) is 3.26. The van der Waals surface area contributed by atoms with E-state index in [1.54, 1.807) is 13.8 Å². The van der Waals surface area contributed by atoms with E-state index in [4.69, 9.17) is 5.11 Å². The predicted octanol–water partition coefficient (Wildman–Crippen LogP) is 0.762. The Balaban J connectivity index is 2.51. The summed E-state index contributed by atoms with van der Waals surface area (Å²) >= 11 is 0. The standard InChI is InChI=1S/C10H17NO3/c1-10(2,9(13)14)7-11-5-3-4-8(12)6-11/h3-7H2,1-2H3,(H,13,14). The van der Waals surface area contributed by atoms with E-state index < -0.39 is 11.4 Å². The highest BCUT2D eigenvalue weighted by Crippen LogP contribution is 2.19. The maximum atomic E-state index is 11.1. The number of Topliss-reactive ketones (excluding diaryl/α,β-unsaturated/α-hetero) is 1. The maximum absolute atomic E-state index is 11.1. The van der Waals surface area contributed by atoms with Crippen LogP contribution in [0.15, 0.2) is 0 Å². The fourth-order valence-electron chi connectivity index (χ4n) is 1.67. The molecule has 80 valence electrons. The number of hydrogen-bond donors (Lipinski definition) is 1. The SMILES string of the molecule is CC(C)(CN1CCCC(=O)C1)C(=O)O. The van der Waals surface area contributed by atoms with Crippen LogP contribution in [0.4, 0.5) is 0 Å². The second kappa shape index (κ2) is 4.09. The van der Waals surface area contributed by atoms with E-state index >= 15 is 0 Å². The number of carboxylic acids is 1. The smallest absolute Gasteiger partial charge is 0.310 e. The fourth-order valence-corrected chi connectivity index (χ4v) is 1.67. The summed E-state index contributed by atoms with van der Waals surface area (Å²) in [6, 6.07) is 0. The van der Waals surface area contributed by atoms with Crippen molar-refractivity contribution in [3.05, 3.63) is 0 Å². The van der Waals surface area contributed by atoms with Crippen molar-refractivity contribution in [3.8, 4) is 0 Å². The quantitative estimate of drug-likeness (QED) is 0.729. The van der Waals surface area contributed by atoms with Crippen LogP contribution in [0.5, 0.6) is 0 Å². The van der Waals surface area contributed by atoms with Gasteiger partial charge in [-0.2, -0.15) is 0 Å². The molecule has 1 aliphatic heterocycles. The molecule has 0 aliphatic carbocycles. The van der Waals surface area contributed by atoms with Gasteiger partial charge in [-0.05, 0) is 26.8 Å². The van der Waals surface area contributed by atoms with Gasteiger partial charge in [-0.15, -0.1) is 0 Å². The Morgan fingerprint density at radius 1 is 1.57 bits per heavy atom. The molecule has 14 heavy (non-hydrogen) atoms. The molecule has 0 bridgehead atoms. The van der Waals surface area contributed by atoms with Gasteiger partial charge in [0.1, 0.15) is 5.78 Å². The van der Waals surface area contributed by atoms with Gasteiger partial charge in [0.05, 0.1) is 12.0 Å². The van der Waals surface area contributed by atoms with E-state index in [9.17, 15) is 9.59 Å². The Hall–Kier alpha value is -0.900. The van der Waals surface area contributed by atoms with Crippen molar-refractivity contribution in [1.29, 1.82) is 0 Å². The number of carbonyl (C=O) groups is 2. The minimum absolute atomic E-state index is 0.220. The molecule has 0 saturated carbocycles. The van der Waals surface area contributed by atoms with Gasteiger partial charge in [0, 0.05) is 13.0 Å². The highest BCUT2D eigenvalue weighted by molar-refractivity contribution is 5.81. The first kappa shape index (κ1) is 11.2. The molecule has 4 heteroatoms. The Morgan fingerprint density at radius 2 is 2.21 bits per heavy atom. The number of aliphatic carboxylic acids is 1. The zero-order chi connectivity index (χ0) is 10.8. The van der Waals surface area contributed by atoms with E-state index in [-0.39, 0.29) is 5.78 Å². The first-order valence-corrected chi connectivity index (χ1v) is 4.89. The zero-order valence-electron chi connectivity index (χ0n) is 8.75. The van der Waals surface area contributed by atoms with Crippen molar-refractivity contribution in [2.24, 2.45) is 5.41 Å². The molecule has 0 spiro atoms. The molecule has 0 aromatic carbocycles. The molecule has 0 atom stereocenters. The van der Waals surface area contributed by atoms with Crippen molar-refractivity contribution in [2.45, 2.75) is 26.7 Å². The maximum Gasteiger partial charge on any atom is 0.310 e. The van der Waals surface area contributed by atoms with E-state index in [2.05, 4.69) is 0 Å². The van der Waals surface area contributed by atoms with Gasteiger partial charge in [-0.25, -0.2) is 0 Å². The largest absolute Gasteiger partial charge is 0.481 e. The summed E-state index contributed by atoms with van der Waals surface area (Å²) in [4.78, 5) is 23.9. The van der Waals surface area contributed by atoms with Crippen LogP contribution in [-0.4, -0.2) is 41.4 Å². The van der Waals surface area contributed by atoms with Crippen LogP contribution in [0.2, 0.25) is 0 Å². The molecule has 0 aromatic rings. The van der Waals surface area contributed by atoms with E-state index in [0.717, 1.165) is 13.0 Å². The number of carboxylic acid groups (broad SMARTS) is 1. The summed E-state index contributed by atoms with van der Waals surface area (Å²) in [5.74, 6) is -0.590. The van der Waals surface area contributed by atoms with Crippen LogP contribution in [0, 0.1) is 5.41 Å². The molecule has 1 rings (SSSR count). The van der Waals surface area contributed by atoms with Gasteiger partial charge in [0.25, 0.3) is 0 Å². The van der Waals surface area contributed by atoms with Crippen molar-refractivity contribution < 1.29 is 14.7 Å². The minimum atomic E-state index is -0.810. The molecule has 0 amide bonds. The fraction of sp³-hybridized carbons (Fsp3) is 0.800. The zero-order valence-corrected chi connectivity index (χ0v) is 8.75. The normalized spacial score (nSPS) is 19.7. The van der Waals surface area contributed by atoms with Crippen LogP contribution >= 0.6 is 0 Å². The van der Waals surface area contributed by atoms with Crippen LogP contribution in [0.1, 0.15) is 26.7 Å². The van der Waals surface area contributed by atoms with Gasteiger partial charge in [0.2, 0.25) is 0 Å². The number of carbonyl (C=O) groups excluding carboxylic acids is 1. The summed E-state index contributed by atoms with van der Waals surface area (Å²) < 4.78 is 0. The molecule has 1 heterocycles. The van der Waals surface area contributed by atoms with Crippen LogP contribution in [0.3, 0.4) is 0 Å². The summed E-state index contributed by atoms with van der Waals surface area (Å²) in [5, 5.41) is 8.93. The third kappa shape index (κ3) is 2.80. The van der Waals surface area contributed by atoms with Crippen molar-refractivity contribution in [2.75, 3.05) is 19.6 Å². The molecule has 1 N–H and O–H groups in total. The van der Waals surface area contributed by atoms with Crippen LogP contribution in [-0.2, 0) is 9.59 Å². The molecular formula is C10H17NO3. The summed E-state index contributed by atoms with van der Waals surface area (Å²) in [7, 11) is 0. The number of piperidine rings is 1. The molecule has 0 aromatic heterocycles. The van der Waals surface area contributed by atoms with Gasteiger partial charge in [0.15, 0.2) is 0 Å². The van der Waals surface area contributed by atoms with E-state index in [1.807, 2.05) is 4.90 Å². The van der Waals surface area contributed by atoms with Crippen molar-refractivity contribution >= 4 is 11.8 Å². The minimum Gasteiger partial charge on any atom is -0.481 e. The van der Waals surface area contributed by atoms with Crippen LogP contribution < -0.4 is 0 Å². The topological polar surface area (TPSA) is 57.6 Å². The average molecular weight is 199 g/mol. The highest BCUT2D eigenvalue weighted by atomic mass is 16.4. The number of nitrogens with zero attached hydrogens (tertiary/aromatic N) is 1. The van der Waals surface area contributed by atoms with Gasteiger partial charge >= 0.3 is 5.97 Å². The second-order valence-corrected chi connectivity index (χ2v) is 4.54. The summed E-state index contributed by atoms with van der Waals surface area (Å²) in [6.45, 7) is 5.08. The highest BCUT2D eigenvalue weighted by Gasteiger charge is 2.31. The number of rotatable bonds is 3. The van der Waals surface area contributed by atoms with Gasteiger partial charge in [-0.3, -0.25) is 14.5 Å².